The summed E-state index contributed by atoms with van der Waals surface area (Å²) in [6.45, 7) is 6.92. The van der Waals surface area contributed by atoms with Crippen LogP contribution in [0.5, 0.6) is 0 Å². The van der Waals surface area contributed by atoms with Crippen molar-refractivity contribution in [2.45, 2.75) is 19.4 Å². The van der Waals surface area contributed by atoms with Gasteiger partial charge in [0.15, 0.2) is 0 Å². The van der Waals surface area contributed by atoms with E-state index in [0.29, 0.717) is 0 Å². The van der Waals surface area contributed by atoms with Gasteiger partial charge in [0.05, 0.1) is 5.22 Å². The average Bonchev–Trinajstić information content (AvgIpc) is 3.07. The normalized spacial score (nSPS) is 13.9. The molecule has 0 aliphatic heterocycles. The van der Waals surface area contributed by atoms with Crippen molar-refractivity contribution in [2.24, 2.45) is 0 Å². The summed E-state index contributed by atoms with van der Waals surface area (Å²) >= 11 is 0. The van der Waals surface area contributed by atoms with Gasteiger partial charge in [-0.05, 0) is 74.8 Å². The van der Waals surface area contributed by atoms with Crippen LogP contribution >= 0.6 is 0 Å². The number of fused-ring (bicyclic) bond motifs is 4. The smallest absolute Gasteiger partial charge is 0.218 e. The standard InChI is InChI=1S/C42H33N2/c1-28-25-26-30-14-4-10-21-36(30)41(28)43-42(40-34-19-8-5-15-31(34)27-32-16-6-9-20-35(32)40)39-24-12-23-38(44(39)2)37-22-11-17-29-13-3-7-18-33(29)37/h3-12,14-27,42-43H,2,13H2,1H3/q+1/b38-37+. The highest BCUT2D eigenvalue weighted by Gasteiger charge is 2.27. The SMILES string of the molecule is C=[n+]1c(C(Nc2c(C)ccc3ccccc23)c2c3ccccc3cc3ccccc23)ccc/c1=c1/cccc2c1=CC=CC2. The van der Waals surface area contributed by atoms with Gasteiger partial charge >= 0.3 is 0 Å². The largest absolute Gasteiger partial charge is 0.368 e. The van der Waals surface area contributed by atoms with Crippen LogP contribution in [0.25, 0.3) is 38.4 Å². The number of nitrogens with zero attached hydrogens (tertiary/aromatic N) is 1. The average molecular weight is 566 g/mol. The summed E-state index contributed by atoms with van der Waals surface area (Å²) in [4.78, 5) is 0. The molecule has 1 N–H and O–H groups in total. The van der Waals surface area contributed by atoms with Gasteiger partial charge in [-0.25, -0.2) is 0 Å². The molecule has 0 saturated carbocycles. The summed E-state index contributed by atoms with van der Waals surface area (Å²) < 4.78 is 2.15. The number of hydrogen-bond acceptors (Lipinski definition) is 1. The number of rotatable bonds is 4. The van der Waals surface area contributed by atoms with Crippen molar-refractivity contribution in [1.29, 1.82) is 0 Å². The second kappa shape index (κ2) is 10.7. The van der Waals surface area contributed by atoms with E-state index < -0.39 is 0 Å². The molecule has 44 heavy (non-hydrogen) atoms. The molecule has 210 valence electrons. The third-order valence-electron chi connectivity index (χ3n) is 9.16. The minimum absolute atomic E-state index is 0.184. The minimum atomic E-state index is -0.184. The highest BCUT2D eigenvalue weighted by atomic mass is 15.0. The quantitative estimate of drug-likeness (QED) is 0.167. The number of allylic oxidation sites excluding steroid dienone is 2. The molecule has 0 fully saturated rings. The summed E-state index contributed by atoms with van der Waals surface area (Å²) in [5.74, 6) is 0. The number of pyridine rings is 1. The number of aryl methyl sites for hydroxylation is 1. The Labute approximate surface area is 256 Å². The number of benzene rings is 6. The van der Waals surface area contributed by atoms with E-state index in [1.54, 1.807) is 0 Å². The van der Waals surface area contributed by atoms with Crippen molar-refractivity contribution >= 4 is 44.1 Å². The fraction of sp³-hybridized carbons (Fsp3) is 0.0714. The third kappa shape index (κ3) is 4.30. The number of anilines is 1. The second-order valence-electron chi connectivity index (χ2n) is 11.7. The van der Waals surface area contributed by atoms with Gasteiger partial charge in [-0.3, -0.25) is 0 Å². The highest BCUT2D eigenvalue weighted by molar-refractivity contribution is 6.04. The highest BCUT2D eigenvalue weighted by Crippen LogP contribution is 2.39. The monoisotopic (exact) mass is 565 g/mol. The van der Waals surface area contributed by atoms with Gasteiger partial charge in [-0.15, -0.1) is 0 Å². The van der Waals surface area contributed by atoms with E-state index in [9.17, 15) is 0 Å². The fourth-order valence-corrected chi connectivity index (χ4v) is 6.98. The molecule has 1 unspecified atom stereocenters. The fourth-order valence-electron chi connectivity index (χ4n) is 6.98. The molecule has 1 aliphatic carbocycles. The summed E-state index contributed by atoms with van der Waals surface area (Å²) in [7, 11) is 0. The van der Waals surface area contributed by atoms with Crippen LogP contribution in [0.2, 0.25) is 0 Å². The Kier molecular flexibility index (Phi) is 6.34. The van der Waals surface area contributed by atoms with Gasteiger partial charge in [-0.2, -0.15) is 4.24 Å². The van der Waals surface area contributed by atoms with E-state index in [2.05, 4.69) is 162 Å². The second-order valence-corrected chi connectivity index (χ2v) is 11.7. The van der Waals surface area contributed by atoms with Crippen LogP contribution in [-0.4, -0.2) is 0 Å². The van der Waals surface area contributed by atoms with Gasteiger partial charge < -0.3 is 5.32 Å². The van der Waals surface area contributed by atoms with Crippen LogP contribution in [0, 0.1) is 24.2 Å². The molecule has 2 heteroatoms. The summed E-state index contributed by atoms with van der Waals surface area (Å²) in [6.07, 6.45) is 7.56. The van der Waals surface area contributed by atoms with E-state index in [1.807, 2.05) is 0 Å². The lowest BCUT2D eigenvalue weighted by Crippen LogP contribution is -2.31. The lowest BCUT2D eigenvalue weighted by Gasteiger charge is -2.24. The topological polar surface area (TPSA) is 17.9 Å². The van der Waals surface area contributed by atoms with Crippen LogP contribution in [0.4, 0.5) is 5.69 Å². The van der Waals surface area contributed by atoms with E-state index in [0.717, 1.165) is 23.2 Å². The zero-order valence-electron chi connectivity index (χ0n) is 24.8. The first kappa shape index (κ1) is 26.2. The maximum Gasteiger partial charge on any atom is 0.218 e. The molecule has 8 rings (SSSR count). The summed E-state index contributed by atoms with van der Waals surface area (Å²) in [5.41, 5.74) is 6.05. The van der Waals surface area contributed by atoms with Gasteiger partial charge in [-0.1, -0.05) is 115 Å². The molecule has 1 heterocycles. The van der Waals surface area contributed by atoms with Crippen LogP contribution in [0.1, 0.15) is 28.4 Å². The van der Waals surface area contributed by atoms with Crippen LogP contribution in [-0.2, 0) is 6.42 Å². The molecule has 1 aliphatic rings. The van der Waals surface area contributed by atoms with Crippen molar-refractivity contribution in [2.75, 3.05) is 5.32 Å². The van der Waals surface area contributed by atoms with Crippen LogP contribution < -0.4 is 14.8 Å². The molecule has 1 aromatic heterocycles. The van der Waals surface area contributed by atoms with Crippen molar-refractivity contribution in [3.05, 3.63) is 184 Å². The van der Waals surface area contributed by atoms with Crippen molar-refractivity contribution in [1.82, 2.24) is 0 Å². The maximum atomic E-state index is 4.72. The van der Waals surface area contributed by atoms with E-state index in [-0.39, 0.29) is 6.04 Å². The Morgan fingerprint density at radius 3 is 2.14 bits per heavy atom. The van der Waals surface area contributed by atoms with Gasteiger partial charge in [0.2, 0.25) is 11.0 Å². The first-order valence-corrected chi connectivity index (χ1v) is 15.3. The first-order chi connectivity index (χ1) is 21.7. The zero-order chi connectivity index (χ0) is 29.6. The zero-order valence-corrected chi connectivity index (χ0v) is 24.8. The molecule has 0 spiro atoms. The molecule has 0 bridgehead atoms. The molecule has 7 aromatic rings. The molecule has 1 atom stereocenters. The molecule has 2 nitrogen and oxygen atoms in total. The lowest BCUT2D eigenvalue weighted by atomic mass is 9.90. The molecule has 0 radical (unpaired) electrons. The maximum absolute atomic E-state index is 4.72. The Bertz CT molecular complexity index is 2440. The van der Waals surface area contributed by atoms with Crippen molar-refractivity contribution in [3.8, 4) is 0 Å². The Balaban J connectivity index is 1.50. The van der Waals surface area contributed by atoms with Crippen molar-refractivity contribution < 1.29 is 4.24 Å². The van der Waals surface area contributed by atoms with E-state index in [4.69, 9.17) is 6.72 Å². The third-order valence-corrected chi connectivity index (χ3v) is 9.16. The number of hydrogen-bond donors (Lipinski definition) is 1. The minimum Gasteiger partial charge on any atom is -0.368 e. The Morgan fingerprint density at radius 1 is 0.682 bits per heavy atom. The molecule has 6 aromatic carbocycles. The number of nitrogens with one attached hydrogen (secondary N) is 1. The van der Waals surface area contributed by atoms with Crippen LogP contribution in [0.3, 0.4) is 0 Å². The predicted molar refractivity (Wildman–Crippen MR) is 184 cm³/mol. The summed E-state index contributed by atoms with van der Waals surface area (Å²) in [5, 5.41) is 15.0. The van der Waals surface area contributed by atoms with E-state index in [1.165, 1.54) is 59.4 Å². The molecular formula is C42H33N2+. The lowest BCUT2D eigenvalue weighted by molar-refractivity contribution is -0.520. The molecular weight excluding hydrogens is 532 g/mol. The van der Waals surface area contributed by atoms with Crippen molar-refractivity contribution in [3.63, 3.8) is 0 Å². The molecule has 0 amide bonds. The summed E-state index contributed by atoms with van der Waals surface area (Å²) in [6, 6.07) is 45.9. The van der Waals surface area contributed by atoms with Crippen LogP contribution in [0.15, 0.2) is 140 Å². The Morgan fingerprint density at radius 2 is 1.36 bits per heavy atom. The predicted octanol–water partition coefficient (Wildman–Crippen LogP) is 8.76. The van der Waals surface area contributed by atoms with E-state index >= 15 is 0 Å². The van der Waals surface area contributed by atoms with Gasteiger partial charge in [0.1, 0.15) is 12.8 Å². The first-order valence-electron chi connectivity index (χ1n) is 15.3. The van der Waals surface area contributed by atoms with Gasteiger partial charge in [0, 0.05) is 28.8 Å². The molecule has 0 saturated heterocycles. The number of aromatic nitrogens is 1. The van der Waals surface area contributed by atoms with Gasteiger partial charge in [0.25, 0.3) is 0 Å². The Hall–Kier alpha value is -5.47.